The lowest BCUT2D eigenvalue weighted by molar-refractivity contribution is -0.150. The van der Waals surface area contributed by atoms with Gasteiger partial charge >= 0.3 is 5.97 Å². The minimum atomic E-state index is -0.794. The highest BCUT2D eigenvalue weighted by atomic mass is 16.5. The second-order valence-electron chi connectivity index (χ2n) is 5.43. The van der Waals surface area contributed by atoms with E-state index in [0.29, 0.717) is 25.9 Å². The molecule has 1 atom stereocenters. The van der Waals surface area contributed by atoms with Crippen LogP contribution in [0.25, 0.3) is 0 Å². The molecular formula is C13H21NO4. The number of amides is 1. The van der Waals surface area contributed by atoms with E-state index in [1.165, 1.54) is 0 Å². The molecule has 0 aromatic rings. The van der Waals surface area contributed by atoms with Crippen molar-refractivity contribution >= 4 is 11.9 Å². The lowest BCUT2D eigenvalue weighted by Crippen LogP contribution is -2.48. The van der Waals surface area contributed by atoms with Crippen molar-refractivity contribution in [1.29, 1.82) is 0 Å². The number of carbonyl (C=O) groups excluding carboxylic acids is 1. The second kappa shape index (κ2) is 5.26. The van der Waals surface area contributed by atoms with E-state index >= 15 is 0 Å². The monoisotopic (exact) mass is 255 g/mol. The summed E-state index contributed by atoms with van der Waals surface area (Å²) in [6.45, 7) is 1.04. The number of piperidine rings is 1. The number of carboxylic acids is 1. The van der Waals surface area contributed by atoms with Gasteiger partial charge in [-0.05, 0) is 32.1 Å². The van der Waals surface area contributed by atoms with E-state index in [2.05, 4.69) is 0 Å². The van der Waals surface area contributed by atoms with Gasteiger partial charge in [-0.2, -0.15) is 0 Å². The standard InChI is InChI=1S/C13H21NO4/c1-18-13(5-3-6-13)8-11(15)14-7-2-4-10(9-14)12(16)17/h10H,2-9H2,1H3,(H,16,17)/t10-/m0/s1. The number of ether oxygens (including phenoxy) is 1. The molecule has 1 amide bonds. The van der Waals surface area contributed by atoms with Crippen LogP contribution < -0.4 is 0 Å². The minimum Gasteiger partial charge on any atom is -0.481 e. The third kappa shape index (κ3) is 2.66. The van der Waals surface area contributed by atoms with Gasteiger partial charge in [0, 0.05) is 20.2 Å². The Kier molecular flexibility index (Phi) is 3.90. The maximum atomic E-state index is 12.2. The molecule has 1 saturated heterocycles. The molecule has 0 radical (unpaired) electrons. The topological polar surface area (TPSA) is 66.8 Å². The Morgan fingerprint density at radius 2 is 2.11 bits per heavy atom. The fourth-order valence-electron chi connectivity index (χ4n) is 2.82. The zero-order valence-electron chi connectivity index (χ0n) is 10.9. The Labute approximate surface area is 107 Å². The smallest absolute Gasteiger partial charge is 0.308 e. The van der Waals surface area contributed by atoms with Crippen LogP contribution in [0.15, 0.2) is 0 Å². The number of aliphatic carboxylic acids is 1. The van der Waals surface area contributed by atoms with Gasteiger partial charge in [0.05, 0.1) is 17.9 Å². The van der Waals surface area contributed by atoms with Crippen LogP contribution in [-0.4, -0.2) is 47.7 Å². The lowest BCUT2D eigenvalue weighted by atomic mass is 9.77. The molecular weight excluding hydrogens is 234 g/mol. The van der Waals surface area contributed by atoms with Crippen LogP contribution in [0.5, 0.6) is 0 Å². The van der Waals surface area contributed by atoms with E-state index in [9.17, 15) is 9.59 Å². The van der Waals surface area contributed by atoms with E-state index in [-0.39, 0.29) is 11.5 Å². The van der Waals surface area contributed by atoms with E-state index < -0.39 is 11.9 Å². The Bertz CT molecular complexity index is 332. The van der Waals surface area contributed by atoms with Crippen LogP contribution in [0.1, 0.15) is 38.5 Å². The number of carboxylic acid groups (broad SMARTS) is 1. The molecule has 5 nitrogen and oxygen atoms in total. The molecule has 2 fully saturated rings. The average molecular weight is 255 g/mol. The number of rotatable bonds is 4. The Morgan fingerprint density at radius 3 is 2.61 bits per heavy atom. The van der Waals surface area contributed by atoms with E-state index in [0.717, 1.165) is 25.7 Å². The number of hydrogen-bond acceptors (Lipinski definition) is 3. The van der Waals surface area contributed by atoms with Crippen LogP contribution in [0.3, 0.4) is 0 Å². The summed E-state index contributed by atoms with van der Waals surface area (Å²) >= 11 is 0. The third-order valence-corrected chi connectivity index (χ3v) is 4.29. The molecule has 0 spiro atoms. The van der Waals surface area contributed by atoms with Gasteiger partial charge < -0.3 is 14.7 Å². The third-order valence-electron chi connectivity index (χ3n) is 4.29. The molecule has 0 aromatic carbocycles. The highest BCUT2D eigenvalue weighted by Crippen LogP contribution is 2.38. The molecule has 1 aliphatic carbocycles. The summed E-state index contributed by atoms with van der Waals surface area (Å²) in [6.07, 6.45) is 4.84. The zero-order valence-corrected chi connectivity index (χ0v) is 10.9. The van der Waals surface area contributed by atoms with Crippen LogP contribution in [-0.2, 0) is 14.3 Å². The van der Waals surface area contributed by atoms with Gasteiger partial charge in [-0.1, -0.05) is 0 Å². The van der Waals surface area contributed by atoms with Crippen molar-refractivity contribution in [1.82, 2.24) is 4.90 Å². The highest BCUT2D eigenvalue weighted by Gasteiger charge is 2.40. The van der Waals surface area contributed by atoms with Gasteiger partial charge in [0.15, 0.2) is 0 Å². The maximum Gasteiger partial charge on any atom is 0.308 e. The lowest BCUT2D eigenvalue weighted by Gasteiger charge is -2.42. The van der Waals surface area contributed by atoms with E-state index in [1.54, 1.807) is 12.0 Å². The van der Waals surface area contributed by atoms with Crippen molar-refractivity contribution < 1.29 is 19.4 Å². The Balaban J connectivity index is 1.90. The molecule has 2 aliphatic rings. The first-order chi connectivity index (χ1) is 8.56. The molecule has 0 aromatic heterocycles. The fraction of sp³-hybridized carbons (Fsp3) is 0.846. The Hall–Kier alpha value is -1.10. The number of methoxy groups -OCH3 is 1. The normalized spacial score (nSPS) is 26.5. The van der Waals surface area contributed by atoms with Crippen LogP contribution in [0.2, 0.25) is 0 Å². The molecule has 1 saturated carbocycles. The van der Waals surface area contributed by atoms with E-state index in [1.807, 2.05) is 0 Å². The van der Waals surface area contributed by atoms with Crippen molar-refractivity contribution in [3.63, 3.8) is 0 Å². The van der Waals surface area contributed by atoms with Crippen molar-refractivity contribution in [3.05, 3.63) is 0 Å². The fourth-order valence-corrected chi connectivity index (χ4v) is 2.82. The van der Waals surface area contributed by atoms with Crippen molar-refractivity contribution in [2.45, 2.75) is 44.1 Å². The summed E-state index contributed by atoms with van der Waals surface area (Å²) in [4.78, 5) is 24.9. The van der Waals surface area contributed by atoms with Crippen molar-refractivity contribution in [3.8, 4) is 0 Å². The van der Waals surface area contributed by atoms with Gasteiger partial charge in [0.1, 0.15) is 0 Å². The highest BCUT2D eigenvalue weighted by molar-refractivity contribution is 5.79. The SMILES string of the molecule is COC1(CC(=O)N2CCC[C@H](C(=O)O)C2)CCC1. The molecule has 0 unspecified atom stereocenters. The van der Waals surface area contributed by atoms with Crippen LogP contribution in [0, 0.1) is 5.92 Å². The first-order valence-electron chi connectivity index (χ1n) is 6.62. The second-order valence-corrected chi connectivity index (χ2v) is 5.43. The summed E-state index contributed by atoms with van der Waals surface area (Å²) in [6, 6.07) is 0. The number of hydrogen-bond donors (Lipinski definition) is 1. The quantitative estimate of drug-likeness (QED) is 0.821. The molecule has 1 aliphatic heterocycles. The van der Waals surface area contributed by atoms with E-state index in [4.69, 9.17) is 9.84 Å². The molecule has 0 bridgehead atoms. The first kappa shape index (κ1) is 13.3. The van der Waals surface area contributed by atoms with Gasteiger partial charge in [0.25, 0.3) is 0 Å². The summed E-state index contributed by atoms with van der Waals surface area (Å²) in [5.74, 6) is -1.15. The number of likely N-dealkylation sites (tertiary alicyclic amines) is 1. The van der Waals surface area contributed by atoms with Crippen molar-refractivity contribution in [2.75, 3.05) is 20.2 Å². The number of nitrogens with zero attached hydrogens (tertiary/aromatic N) is 1. The molecule has 2 rings (SSSR count). The maximum absolute atomic E-state index is 12.2. The Morgan fingerprint density at radius 1 is 1.39 bits per heavy atom. The first-order valence-corrected chi connectivity index (χ1v) is 6.62. The zero-order chi connectivity index (χ0) is 13.2. The average Bonchev–Trinajstić information content (AvgIpc) is 2.33. The summed E-state index contributed by atoms with van der Waals surface area (Å²) in [5, 5.41) is 9.01. The van der Waals surface area contributed by atoms with Crippen LogP contribution >= 0.6 is 0 Å². The molecule has 1 heterocycles. The minimum absolute atomic E-state index is 0.0440. The summed E-state index contributed by atoms with van der Waals surface area (Å²) in [5.41, 5.74) is -0.271. The largest absolute Gasteiger partial charge is 0.481 e. The molecule has 102 valence electrons. The van der Waals surface area contributed by atoms with Gasteiger partial charge in [-0.25, -0.2) is 0 Å². The predicted octanol–water partition coefficient (Wildman–Crippen LogP) is 1.27. The molecule has 18 heavy (non-hydrogen) atoms. The number of carbonyl (C=O) groups is 2. The van der Waals surface area contributed by atoms with Crippen LogP contribution in [0.4, 0.5) is 0 Å². The summed E-state index contributed by atoms with van der Waals surface area (Å²) in [7, 11) is 1.66. The van der Waals surface area contributed by atoms with Gasteiger partial charge in [-0.3, -0.25) is 9.59 Å². The summed E-state index contributed by atoms with van der Waals surface area (Å²) < 4.78 is 5.45. The van der Waals surface area contributed by atoms with Gasteiger partial charge in [-0.15, -0.1) is 0 Å². The predicted molar refractivity (Wildman–Crippen MR) is 65.1 cm³/mol. The molecule has 1 N–H and O–H groups in total. The van der Waals surface area contributed by atoms with Gasteiger partial charge in [0.2, 0.25) is 5.91 Å². The van der Waals surface area contributed by atoms with Crippen molar-refractivity contribution in [2.24, 2.45) is 5.92 Å². The molecule has 5 heteroatoms.